The average molecular weight is 579 g/mol. The summed E-state index contributed by atoms with van der Waals surface area (Å²) < 4.78 is 20.6. The highest BCUT2D eigenvalue weighted by molar-refractivity contribution is 7.87. The van der Waals surface area contributed by atoms with Gasteiger partial charge >= 0.3 is 11.9 Å². The highest BCUT2D eigenvalue weighted by atomic mass is 32.2. The lowest BCUT2D eigenvalue weighted by atomic mass is 9.95. The van der Waals surface area contributed by atoms with Crippen molar-refractivity contribution < 1.29 is 42.4 Å². The van der Waals surface area contributed by atoms with Crippen LogP contribution in [0, 0.1) is 5.92 Å². The molecule has 0 bridgehead atoms. The smallest absolute Gasteiger partial charge is 0.308 e. The van der Waals surface area contributed by atoms with E-state index in [4.69, 9.17) is 0 Å². The van der Waals surface area contributed by atoms with Gasteiger partial charge in [-0.25, -0.2) is 0 Å². The molecule has 218 valence electrons. The Hall–Kier alpha value is -4.07. The van der Waals surface area contributed by atoms with E-state index < -0.39 is 71.6 Å². The van der Waals surface area contributed by atoms with Gasteiger partial charge in [-0.2, -0.15) is 0 Å². The van der Waals surface area contributed by atoms with Crippen molar-refractivity contribution in [2.75, 3.05) is 27.0 Å². The number of carbonyl (C=O) groups is 6. The summed E-state index contributed by atoms with van der Waals surface area (Å²) in [6, 6.07) is 4.38. The molecule has 1 aromatic carbocycles. The molecule has 0 spiro atoms. The molecule has 2 rings (SSSR count). The van der Waals surface area contributed by atoms with Crippen LogP contribution in [0.5, 0.6) is 0 Å². The first kappa shape index (κ1) is 32.1. The molecule has 0 radical (unpaired) electrons. The molecule has 0 aliphatic heterocycles. The van der Waals surface area contributed by atoms with Crippen LogP contribution in [0.1, 0.15) is 24.0 Å². The summed E-state index contributed by atoms with van der Waals surface area (Å²) in [5.74, 6) is -3.76. The highest BCUT2D eigenvalue weighted by Gasteiger charge is 2.36. The number of methoxy groups -OCH3 is 2. The van der Waals surface area contributed by atoms with Gasteiger partial charge in [0.2, 0.25) is 24.1 Å². The standard InChI is InChI=1S/C26H34N4O9S/c1-38-22(33)12-19(8-9-40(3)37)29-21(32)14-27-26(36)24(18-10-16-6-4-5-7-17(16)11-18)30-25(35)20(28-15-31)13-23(34)39-2/h4-9,15,18-20,24H,10-14H2,1-3H3,(H,27,36)(H,28,31)(H,29,32)(H,30,35)/b9-8+/t19?,20-,24?,40?/m0/s1. The molecule has 13 nitrogen and oxygen atoms in total. The van der Waals surface area contributed by atoms with Crippen LogP contribution in [0.15, 0.2) is 35.7 Å². The minimum Gasteiger partial charge on any atom is -0.469 e. The normalized spacial score (nSPS) is 15.6. The van der Waals surface area contributed by atoms with Crippen LogP contribution in [0.4, 0.5) is 0 Å². The van der Waals surface area contributed by atoms with Gasteiger partial charge in [0.1, 0.15) is 12.1 Å². The molecule has 0 saturated heterocycles. The molecule has 0 heterocycles. The zero-order valence-electron chi connectivity index (χ0n) is 22.5. The van der Waals surface area contributed by atoms with E-state index in [2.05, 4.69) is 30.7 Å². The number of fused-ring (bicyclic) bond motifs is 1. The van der Waals surface area contributed by atoms with Crippen molar-refractivity contribution in [3.63, 3.8) is 0 Å². The van der Waals surface area contributed by atoms with Crippen LogP contribution < -0.4 is 21.3 Å². The zero-order chi connectivity index (χ0) is 29.7. The fraction of sp³-hybridized carbons (Fsp3) is 0.462. The van der Waals surface area contributed by atoms with E-state index >= 15 is 0 Å². The molecule has 1 aromatic rings. The van der Waals surface area contributed by atoms with Gasteiger partial charge in [-0.3, -0.25) is 33.0 Å². The molecule has 4 amide bonds. The molecular formula is C26H34N4O9S. The Kier molecular flexibility index (Phi) is 13.0. The van der Waals surface area contributed by atoms with Crippen LogP contribution in [0.2, 0.25) is 0 Å². The second-order valence-electron chi connectivity index (χ2n) is 9.04. The number of esters is 2. The Morgan fingerprint density at radius 3 is 2.12 bits per heavy atom. The molecule has 40 heavy (non-hydrogen) atoms. The van der Waals surface area contributed by atoms with Crippen LogP contribution in [-0.4, -0.2) is 85.4 Å². The topological polar surface area (TPSA) is 186 Å². The quantitative estimate of drug-likeness (QED) is 0.144. The number of nitrogens with one attached hydrogen (secondary N) is 4. The Labute approximate surface area is 234 Å². The van der Waals surface area contributed by atoms with Crippen LogP contribution in [-0.2, 0) is 61.9 Å². The number of hydrogen-bond acceptors (Lipinski definition) is 9. The number of benzene rings is 1. The van der Waals surface area contributed by atoms with E-state index in [0.717, 1.165) is 18.2 Å². The summed E-state index contributed by atoms with van der Waals surface area (Å²) in [7, 11) is 1.02. The Balaban J connectivity index is 2.14. The fourth-order valence-electron chi connectivity index (χ4n) is 4.21. The lowest BCUT2D eigenvalue weighted by Crippen LogP contribution is -2.57. The summed E-state index contributed by atoms with van der Waals surface area (Å²) in [6.45, 7) is -0.482. The number of carbonyl (C=O) groups excluding carboxylic acids is 6. The lowest BCUT2D eigenvalue weighted by molar-refractivity contribution is -0.143. The summed E-state index contributed by atoms with van der Waals surface area (Å²) >= 11 is 0. The van der Waals surface area contributed by atoms with Gasteiger partial charge in [0.25, 0.3) is 0 Å². The first-order valence-corrected chi connectivity index (χ1v) is 14.0. The Morgan fingerprint density at radius 2 is 1.57 bits per heavy atom. The molecule has 0 aromatic heterocycles. The van der Waals surface area contributed by atoms with Gasteiger partial charge in [-0.05, 0) is 29.9 Å². The Bertz CT molecular complexity index is 1130. The maximum atomic E-state index is 13.3. The van der Waals surface area contributed by atoms with Crippen molar-refractivity contribution in [3.05, 3.63) is 46.9 Å². The van der Waals surface area contributed by atoms with Crippen LogP contribution >= 0.6 is 0 Å². The van der Waals surface area contributed by atoms with E-state index in [1.54, 1.807) is 0 Å². The number of amides is 4. The fourth-order valence-corrected chi connectivity index (χ4v) is 4.62. The van der Waals surface area contributed by atoms with Gasteiger partial charge < -0.3 is 30.7 Å². The lowest BCUT2D eigenvalue weighted by Gasteiger charge is -2.26. The molecule has 0 saturated carbocycles. The van der Waals surface area contributed by atoms with E-state index in [1.165, 1.54) is 24.8 Å². The van der Waals surface area contributed by atoms with Crippen molar-refractivity contribution in [1.82, 2.24) is 21.3 Å². The van der Waals surface area contributed by atoms with Gasteiger partial charge in [-0.1, -0.05) is 30.3 Å². The summed E-state index contributed by atoms with van der Waals surface area (Å²) in [6.07, 6.45) is 3.38. The first-order chi connectivity index (χ1) is 19.1. The third-order valence-electron chi connectivity index (χ3n) is 6.20. The van der Waals surface area contributed by atoms with Crippen molar-refractivity contribution in [1.29, 1.82) is 0 Å². The second-order valence-corrected chi connectivity index (χ2v) is 10.3. The maximum Gasteiger partial charge on any atom is 0.308 e. The van der Waals surface area contributed by atoms with Crippen molar-refractivity contribution in [3.8, 4) is 0 Å². The Morgan fingerprint density at radius 1 is 0.975 bits per heavy atom. The third-order valence-corrected chi connectivity index (χ3v) is 6.75. The third kappa shape index (κ3) is 10.2. The zero-order valence-corrected chi connectivity index (χ0v) is 23.3. The molecule has 14 heteroatoms. The molecule has 3 unspecified atom stereocenters. The van der Waals surface area contributed by atoms with Crippen LogP contribution in [0.3, 0.4) is 0 Å². The first-order valence-electron chi connectivity index (χ1n) is 12.4. The van der Waals surface area contributed by atoms with Gasteiger partial charge in [0.15, 0.2) is 0 Å². The maximum absolute atomic E-state index is 13.3. The van der Waals surface area contributed by atoms with Crippen molar-refractivity contribution in [2.24, 2.45) is 5.92 Å². The minimum absolute atomic E-state index is 0.214. The summed E-state index contributed by atoms with van der Waals surface area (Å²) in [5, 5.41) is 11.3. The van der Waals surface area contributed by atoms with Crippen LogP contribution in [0.25, 0.3) is 0 Å². The summed E-state index contributed by atoms with van der Waals surface area (Å²) in [4.78, 5) is 73.3. The average Bonchev–Trinajstić information content (AvgIpc) is 3.36. The van der Waals surface area contributed by atoms with E-state index in [-0.39, 0.29) is 18.7 Å². The van der Waals surface area contributed by atoms with Crippen molar-refractivity contribution >= 4 is 46.9 Å². The second kappa shape index (κ2) is 16.1. The largest absolute Gasteiger partial charge is 0.469 e. The molecule has 4 atom stereocenters. The van der Waals surface area contributed by atoms with Crippen molar-refractivity contribution in [2.45, 2.75) is 43.8 Å². The minimum atomic E-state index is -1.32. The van der Waals surface area contributed by atoms with Gasteiger partial charge in [0, 0.05) is 22.5 Å². The number of hydrogen-bond donors (Lipinski definition) is 4. The number of rotatable bonds is 15. The molecule has 1 aliphatic carbocycles. The predicted octanol–water partition coefficient (Wildman–Crippen LogP) is -1.38. The predicted molar refractivity (Wildman–Crippen MR) is 144 cm³/mol. The SMILES string of the molecule is COC(=O)CC(/C=C/S(C)=O)NC(=O)CNC(=O)C(NC(=O)[C@H](CC(=O)OC)NC=O)C1Cc2ccccc2C1. The van der Waals surface area contributed by atoms with Gasteiger partial charge in [-0.15, -0.1) is 0 Å². The molecular weight excluding hydrogens is 544 g/mol. The molecule has 4 N–H and O–H groups in total. The van der Waals surface area contributed by atoms with E-state index in [9.17, 15) is 33.0 Å². The monoisotopic (exact) mass is 578 g/mol. The highest BCUT2D eigenvalue weighted by Crippen LogP contribution is 2.29. The van der Waals surface area contributed by atoms with E-state index in [1.807, 2.05) is 24.3 Å². The number of ether oxygens (including phenoxy) is 2. The van der Waals surface area contributed by atoms with E-state index in [0.29, 0.717) is 12.8 Å². The van der Waals surface area contributed by atoms with Gasteiger partial charge in [0.05, 0.1) is 39.6 Å². The molecule has 0 fully saturated rings. The summed E-state index contributed by atoms with van der Waals surface area (Å²) in [5.41, 5.74) is 2.03. The molecule has 1 aliphatic rings.